The smallest absolute Gasteiger partial charge is 0.186 e. The number of imidazole rings is 1. The van der Waals surface area contributed by atoms with Gasteiger partial charge in [-0.05, 0) is 6.07 Å². The maximum Gasteiger partial charge on any atom is 0.186 e. The highest BCUT2D eigenvalue weighted by atomic mass is 32.1. The van der Waals surface area contributed by atoms with Crippen LogP contribution in [-0.4, -0.2) is 22.3 Å². The third-order valence-corrected chi connectivity index (χ3v) is 2.66. The van der Waals surface area contributed by atoms with Crippen LogP contribution >= 0.6 is 11.3 Å². The number of nitrogens with two attached hydrogens (primary N) is 1. The Labute approximate surface area is 72.4 Å². The molecule has 5 heteroatoms. The summed E-state index contributed by atoms with van der Waals surface area (Å²) in [5, 5.41) is 0. The summed E-state index contributed by atoms with van der Waals surface area (Å²) >= 11 is 1.36. The van der Waals surface area contributed by atoms with Crippen LogP contribution in [0, 0.1) is 0 Å². The Morgan fingerprint density at radius 3 is 3.25 bits per heavy atom. The monoisotopic (exact) mass is 181 g/mol. The van der Waals surface area contributed by atoms with Gasteiger partial charge in [-0.15, -0.1) is 11.3 Å². The van der Waals surface area contributed by atoms with Gasteiger partial charge in [0.05, 0.1) is 23.3 Å². The molecule has 2 aromatic heterocycles. The van der Waals surface area contributed by atoms with Gasteiger partial charge in [-0.3, -0.25) is 4.79 Å². The van der Waals surface area contributed by atoms with Crippen LogP contribution in [-0.2, 0) is 0 Å². The van der Waals surface area contributed by atoms with E-state index in [4.69, 9.17) is 5.73 Å². The SMILES string of the molecule is NCC(=O)c1cc2[nH]cnc2s1. The number of ketones is 1. The van der Waals surface area contributed by atoms with Crippen molar-refractivity contribution in [3.05, 3.63) is 17.3 Å². The Kier molecular flexibility index (Phi) is 1.67. The van der Waals surface area contributed by atoms with Crippen molar-refractivity contribution in [2.45, 2.75) is 0 Å². The number of aromatic amines is 1. The Bertz CT molecular complexity index is 388. The van der Waals surface area contributed by atoms with Gasteiger partial charge in [-0.1, -0.05) is 0 Å². The molecule has 2 aromatic rings. The first-order valence-corrected chi connectivity index (χ1v) is 4.29. The predicted octanol–water partition coefficient (Wildman–Crippen LogP) is 0.766. The molecule has 0 saturated heterocycles. The van der Waals surface area contributed by atoms with Crippen molar-refractivity contribution in [1.82, 2.24) is 9.97 Å². The van der Waals surface area contributed by atoms with Gasteiger partial charge in [0.2, 0.25) is 0 Å². The number of Topliss-reactive ketones (excluding diaryl/α,β-unsaturated/α-hetero) is 1. The lowest BCUT2D eigenvalue weighted by Gasteiger charge is -1.87. The molecule has 0 bridgehead atoms. The Morgan fingerprint density at radius 2 is 2.58 bits per heavy atom. The van der Waals surface area contributed by atoms with Gasteiger partial charge in [0.1, 0.15) is 4.83 Å². The van der Waals surface area contributed by atoms with E-state index in [9.17, 15) is 4.79 Å². The lowest BCUT2D eigenvalue weighted by atomic mass is 10.3. The van der Waals surface area contributed by atoms with E-state index < -0.39 is 0 Å². The second-order valence-corrected chi connectivity index (χ2v) is 3.39. The number of carbonyl (C=O) groups is 1. The molecule has 62 valence electrons. The van der Waals surface area contributed by atoms with Crippen LogP contribution in [0.2, 0.25) is 0 Å². The van der Waals surface area contributed by atoms with Gasteiger partial charge in [0.15, 0.2) is 5.78 Å². The summed E-state index contributed by atoms with van der Waals surface area (Å²) in [6.45, 7) is 0.0586. The van der Waals surface area contributed by atoms with Crippen LogP contribution in [0.5, 0.6) is 0 Å². The third kappa shape index (κ3) is 1.03. The number of H-pyrrole nitrogens is 1. The van der Waals surface area contributed by atoms with Gasteiger partial charge >= 0.3 is 0 Å². The normalized spacial score (nSPS) is 10.8. The zero-order valence-corrected chi connectivity index (χ0v) is 7.02. The van der Waals surface area contributed by atoms with Crippen LogP contribution in [0.1, 0.15) is 9.67 Å². The molecular formula is C7H7N3OS. The predicted molar refractivity (Wildman–Crippen MR) is 47.4 cm³/mol. The number of fused-ring (bicyclic) bond motifs is 1. The highest BCUT2D eigenvalue weighted by Gasteiger charge is 2.09. The van der Waals surface area contributed by atoms with E-state index in [1.165, 1.54) is 11.3 Å². The first-order chi connectivity index (χ1) is 5.81. The van der Waals surface area contributed by atoms with E-state index in [1.807, 2.05) is 0 Å². The minimum absolute atomic E-state index is 0.0357. The summed E-state index contributed by atoms with van der Waals surface area (Å²) in [7, 11) is 0. The molecule has 4 nitrogen and oxygen atoms in total. The number of hydrogen-bond donors (Lipinski definition) is 2. The highest BCUT2D eigenvalue weighted by molar-refractivity contribution is 7.20. The Hall–Kier alpha value is -1.20. The number of thiophene rings is 1. The van der Waals surface area contributed by atoms with Crippen molar-refractivity contribution < 1.29 is 4.79 Å². The zero-order chi connectivity index (χ0) is 8.55. The fraction of sp³-hybridized carbons (Fsp3) is 0.143. The molecule has 0 aliphatic rings. The van der Waals surface area contributed by atoms with Crippen molar-refractivity contribution in [1.29, 1.82) is 0 Å². The van der Waals surface area contributed by atoms with E-state index in [1.54, 1.807) is 12.4 Å². The van der Waals surface area contributed by atoms with Crippen molar-refractivity contribution in [2.24, 2.45) is 5.73 Å². The summed E-state index contributed by atoms with van der Waals surface area (Å²) in [4.78, 5) is 19.6. The van der Waals surface area contributed by atoms with Crippen molar-refractivity contribution in [3.8, 4) is 0 Å². The molecule has 3 N–H and O–H groups in total. The third-order valence-electron chi connectivity index (χ3n) is 1.57. The molecule has 0 saturated carbocycles. The minimum atomic E-state index is -0.0357. The summed E-state index contributed by atoms with van der Waals surface area (Å²) in [5.41, 5.74) is 6.12. The quantitative estimate of drug-likeness (QED) is 0.672. The number of carbonyl (C=O) groups excluding carboxylic acids is 1. The highest BCUT2D eigenvalue weighted by Crippen LogP contribution is 2.21. The first kappa shape index (κ1) is 7.45. The molecule has 2 heterocycles. The summed E-state index contributed by atoms with van der Waals surface area (Å²) in [6, 6.07) is 1.78. The largest absolute Gasteiger partial charge is 0.344 e. The van der Waals surface area contributed by atoms with Crippen molar-refractivity contribution >= 4 is 27.5 Å². The summed E-state index contributed by atoms with van der Waals surface area (Å²) in [6.07, 6.45) is 1.61. The van der Waals surface area contributed by atoms with E-state index in [0.29, 0.717) is 4.88 Å². The maximum atomic E-state index is 11.1. The number of aromatic nitrogens is 2. The topological polar surface area (TPSA) is 71.8 Å². The second kappa shape index (κ2) is 2.69. The number of nitrogens with zero attached hydrogens (tertiary/aromatic N) is 1. The molecule has 0 spiro atoms. The Morgan fingerprint density at radius 1 is 1.75 bits per heavy atom. The summed E-state index contributed by atoms with van der Waals surface area (Å²) in [5.74, 6) is -0.0357. The molecule has 0 atom stereocenters. The second-order valence-electron chi connectivity index (χ2n) is 2.36. The minimum Gasteiger partial charge on any atom is -0.344 e. The van der Waals surface area contributed by atoms with Gasteiger partial charge < -0.3 is 10.7 Å². The molecule has 0 unspecified atom stereocenters. The van der Waals surface area contributed by atoms with E-state index in [0.717, 1.165) is 10.3 Å². The molecule has 0 radical (unpaired) electrons. The van der Waals surface area contributed by atoms with Crippen LogP contribution in [0.15, 0.2) is 12.4 Å². The van der Waals surface area contributed by atoms with Crippen LogP contribution in [0.3, 0.4) is 0 Å². The van der Waals surface area contributed by atoms with Crippen LogP contribution < -0.4 is 5.73 Å². The van der Waals surface area contributed by atoms with Gasteiger partial charge in [-0.2, -0.15) is 0 Å². The van der Waals surface area contributed by atoms with E-state index in [2.05, 4.69) is 9.97 Å². The lowest BCUT2D eigenvalue weighted by molar-refractivity contribution is 0.101. The van der Waals surface area contributed by atoms with Crippen LogP contribution in [0.4, 0.5) is 0 Å². The van der Waals surface area contributed by atoms with Crippen LogP contribution in [0.25, 0.3) is 10.3 Å². The number of rotatable bonds is 2. The van der Waals surface area contributed by atoms with Gasteiger partial charge in [-0.25, -0.2) is 4.98 Å². The molecular weight excluding hydrogens is 174 g/mol. The van der Waals surface area contributed by atoms with Gasteiger partial charge in [0, 0.05) is 0 Å². The maximum absolute atomic E-state index is 11.1. The average molecular weight is 181 g/mol. The zero-order valence-electron chi connectivity index (χ0n) is 6.20. The average Bonchev–Trinajstić information content (AvgIpc) is 2.60. The summed E-state index contributed by atoms with van der Waals surface area (Å²) < 4.78 is 0. The first-order valence-electron chi connectivity index (χ1n) is 3.47. The van der Waals surface area contributed by atoms with Crippen molar-refractivity contribution in [3.63, 3.8) is 0 Å². The van der Waals surface area contributed by atoms with E-state index in [-0.39, 0.29) is 12.3 Å². The lowest BCUT2D eigenvalue weighted by Crippen LogP contribution is -2.11. The molecule has 12 heavy (non-hydrogen) atoms. The van der Waals surface area contributed by atoms with Gasteiger partial charge in [0.25, 0.3) is 0 Å². The molecule has 0 aliphatic carbocycles. The fourth-order valence-electron chi connectivity index (χ4n) is 0.979. The fourth-order valence-corrected chi connectivity index (χ4v) is 1.89. The molecule has 0 aromatic carbocycles. The molecule has 2 rings (SSSR count). The molecule has 0 fully saturated rings. The standard InChI is InChI=1S/C7H7N3OS/c8-2-5(11)6-1-4-7(12-6)10-3-9-4/h1,3H,2,8H2,(H,9,10). The molecule has 0 aliphatic heterocycles. The number of nitrogens with one attached hydrogen (secondary N) is 1. The Balaban J connectivity index is 2.51. The van der Waals surface area contributed by atoms with Crippen molar-refractivity contribution in [2.75, 3.05) is 6.54 Å². The molecule has 0 amide bonds. The van der Waals surface area contributed by atoms with E-state index >= 15 is 0 Å². The number of hydrogen-bond acceptors (Lipinski definition) is 4.